The summed E-state index contributed by atoms with van der Waals surface area (Å²) in [7, 11) is -0.211. The maximum Gasteiger partial charge on any atom is 0.261 e. The molecule has 0 fully saturated rings. The Morgan fingerprint density at radius 1 is 1.48 bits per heavy atom. The smallest absolute Gasteiger partial charge is 0.261 e. The van der Waals surface area contributed by atoms with Gasteiger partial charge in [0.15, 0.2) is 0 Å². The van der Waals surface area contributed by atoms with Gasteiger partial charge in [0.05, 0.1) is 15.5 Å². The molecule has 0 bridgehead atoms. The molecule has 0 aliphatic rings. The number of carbonyl (C=O) groups excluding carboxylic acids is 1. The van der Waals surface area contributed by atoms with E-state index in [1.54, 1.807) is 6.92 Å². The van der Waals surface area contributed by atoms with Crippen LogP contribution in [0.4, 0.5) is 4.39 Å². The lowest BCUT2D eigenvalue weighted by atomic mass is 10.2. The average Bonchev–Trinajstić information content (AvgIpc) is 2.29. The van der Waals surface area contributed by atoms with Gasteiger partial charge < -0.3 is 5.32 Å². The fraction of sp³-hybridized carbons (Fsp3) is 0.364. The van der Waals surface area contributed by atoms with Crippen molar-refractivity contribution in [3.05, 3.63) is 28.5 Å². The van der Waals surface area contributed by atoms with Gasteiger partial charge >= 0.3 is 0 Å². The van der Waals surface area contributed by atoms with Gasteiger partial charge in [0.1, 0.15) is 5.82 Å². The van der Waals surface area contributed by atoms with Crippen molar-refractivity contribution in [3.63, 3.8) is 0 Å². The lowest BCUT2D eigenvalue weighted by Crippen LogP contribution is -2.36. The number of hydrogen-bond acceptors (Lipinski definition) is 4. The fourth-order valence-electron chi connectivity index (χ4n) is 1.57. The van der Waals surface area contributed by atoms with Crippen molar-refractivity contribution in [2.45, 2.75) is 17.9 Å². The standard InChI is InChI=1S/C11H12Cl2FNO4S2/c1-6(5-20(2)17)15-11(16)8-3-7(21(13,18)19)4-9(14)10(8)12/h3-4,6H,5H2,1-2H3,(H,15,16). The summed E-state index contributed by atoms with van der Waals surface area (Å²) in [5, 5.41) is 1.94. The molecule has 2 unspecified atom stereocenters. The average molecular weight is 376 g/mol. The van der Waals surface area contributed by atoms with Gasteiger partial charge in [-0.2, -0.15) is 0 Å². The van der Waals surface area contributed by atoms with Crippen LogP contribution in [0.3, 0.4) is 0 Å². The summed E-state index contributed by atoms with van der Waals surface area (Å²) >= 11 is 5.67. The van der Waals surface area contributed by atoms with Gasteiger partial charge in [-0.05, 0) is 19.1 Å². The molecular formula is C11H12Cl2FNO4S2. The van der Waals surface area contributed by atoms with Crippen molar-refractivity contribution in [1.82, 2.24) is 5.32 Å². The molecule has 1 aromatic rings. The van der Waals surface area contributed by atoms with Gasteiger partial charge in [0, 0.05) is 39.5 Å². The third-order valence-electron chi connectivity index (χ3n) is 2.39. The number of benzene rings is 1. The molecule has 0 aliphatic heterocycles. The minimum atomic E-state index is -4.20. The normalized spacial score (nSPS) is 14.5. The zero-order valence-electron chi connectivity index (χ0n) is 11.0. The molecule has 0 radical (unpaired) electrons. The van der Waals surface area contributed by atoms with Crippen LogP contribution in [0, 0.1) is 5.82 Å². The van der Waals surface area contributed by atoms with Crippen molar-refractivity contribution < 1.29 is 21.8 Å². The molecule has 0 saturated carbocycles. The van der Waals surface area contributed by atoms with Crippen LogP contribution in [0.25, 0.3) is 0 Å². The van der Waals surface area contributed by atoms with E-state index in [1.807, 2.05) is 0 Å². The second-order valence-electron chi connectivity index (χ2n) is 4.32. The van der Waals surface area contributed by atoms with E-state index in [2.05, 4.69) is 5.32 Å². The van der Waals surface area contributed by atoms with Crippen LogP contribution in [0.5, 0.6) is 0 Å². The summed E-state index contributed by atoms with van der Waals surface area (Å²) in [5.41, 5.74) is -0.357. The first-order valence-electron chi connectivity index (χ1n) is 5.57. The van der Waals surface area contributed by atoms with E-state index in [-0.39, 0.29) is 11.3 Å². The SMILES string of the molecule is CC(CS(C)=O)NC(=O)c1cc(S(=O)(=O)Cl)cc(F)c1Cl. The molecule has 1 amide bonds. The zero-order valence-corrected chi connectivity index (χ0v) is 14.2. The fourth-order valence-corrected chi connectivity index (χ4v) is 3.32. The van der Waals surface area contributed by atoms with Crippen molar-refractivity contribution in [2.75, 3.05) is 12.0 Å². The number of nitrogens with one attached hydrogen (secondary N) is 1. The number of carbonyl (C=O) groups is 1. The lowest BCUT2D eigenvalue weighted by molar-refractivity contribution is 0.0943. The van der Waals surface area contributed by atoms with Crippen molar-refractivity contribution in [3.8, 4) is 0 Å². The highest BCUT2D eigenvalue weighted by Gasteiger charge is 2.21. The van der Waals surface area contributed by atoms with E-state index < -0.39 is 47.5 Å². The quantitative estimate of drug-likeness (QED) is 0.796. The Balaban J connectivity index is 3.15. The molecule has 1 N–H and O–H groups in total. The molecule has 10 heteroatoms. The van der Waals surface area contributed by atoms with Gasteiger partial charge in [-0.3, -0.25) is 9.00 Å². The molecule has 0 spiro atoms. The third kappa shape index (κ3) is 5.21. The molecule has 0 heterocycles. The van der Waals surface area contributed by atoms with Crippen LogP contribution in [-0.2, 0) is 19.9 Å². The maximum absolute atomic E-state index is 13.6. The molecule has 1 rings (SSSR count). The Bertz CT molecular complexity index is 694. The Kier molecular flexibility index (Phi) is 6.15. The van der Waals surface area contributed by atoms with Crippen LogP contribution in [0.15, 0.2) is 17.0 Å². The van der Waals surface area contributed by atoms with Gasteiger partial charge in [-0.1, -0.05) is 11.6 Å². The first-order chi connectivity index (χ1) is 9.52. The number of halogens is 3. The van der Waals surface area contributed by atoms with E-state index in [0.717, 1.165) is 6.07 Å². The second kappa shape index (κ2) is 7.04. The summed E-state index contributed by atoms with van der Waals surface area (Å²) in [6.45, 7) is 1.60. The van der Waals surface area contributed by atoms with E-state index in [9.17, 15) is 21.8 Å². The first-order valence-corrected chi connectivity index (χ1v) is 9.98. The Labute approximate surface area is 133 Å². The monoisotopic (exact) mass is 375 g/mol. The predicted octanol–water partition coefficient (Wildman–Crippen LogP) is 1.90. The molecule has 1 aromatic carbocycles. The van der Waals surface area contributed by atoms with E-state index in [0.29, 0.717) is 6.07 Å². The van der Waals surface area contributed by atoms with Gasteiger partial charge in [0.2, 0.25) is 0 Å². The van der Waals surface area contributed by atoms with Crippen LogP contribution in [0.1, 0.15) is 17.3 Å². The van der Waals surface area contributed by atoms with Crippen molar-refractivity contribution in [1.29, 1.82) is 0 Å². The summed E-state index contributed by atoms with van der Waals surface area (Å²) in [5.74, 6) is -1.66. The Morgan fingerprint density at radius 2 is 2.05 bits per heavy atom. The molecule has 2 atom stereocenters. The molecule has 0 aliphatic carbocycles. The molecule has 0 aromatic heterocycles. The lowest BCUT2D eigenvalue weighted by Gasteiger charge is -2.14. The first kappa shape index (κ1) is 18.3. The predicted molar refractivity (Wildman–Crippen MR) is 80.3 cm³/mol. The number of rotatable bonds is 5. The van der Waals surface area contributed by atoms with Gasteiger partial charge in [0.25, 0.3) is 15.0 Å². The molecule has 21 heavy (non-hydrogen) atoms. The Hall–Kier alpha value is -0.700. The maximum atomic E-state index is 13.6. The van der Waals surface area contributed by atoms with Crippen LogP contribution in [-0.4, -0.2) is 36.6 Å². The Morgan fingerprint density at radius 3 is 2.52 bits per heavy atom. The molecule has 0 saturated heterocycles. The molecule has 5 nitrogen and oxygen atoms in total. The van der Waals surface area contributed by atoms with Crippen molar-refractivity contribution in [2.24, 2.45) is 0 Å². The summed E-state index contributed by atoms with van der Waals surface area (Å²) < 4.78 is 47.1. The highest BCUT2D eigenvalue weighted by atomic mass is 35.7. The van der Waals surface area contributed by atoms with Gasteiger partial charge in [-0.15, -0.1) is 0 Å². The topological polar surface area (TPSA) is 80.3 Å². The minimum Gasteiger partial charge on any atom is -0.349 e. The van der Waals surface area contributed by atoms with Crippen LogP contribution < -0.4 is 5.32 Å². The zero-order chi connectivity index (χ0) is 16.4. The summed E-state index contributed by atoms with van der Waals surface area (Å²) in [6, 6.07) is 1.06. The number of hydrogen-bond donors (Lipinski definition) is 1. The van der Waals surface area contributed by atoms with Gasteiger partial charge in [-0.25, -0.2) is 12.8 Å². The van der Waals surface area contributed by atoms with Crippen LogP contribution >= 0.6 is 22.3 Å². The third-order valence-corrected chi connectivity index (χ3v) is 5.08. The largest absolute Gasteiger partial charge is 0.349 e. The van der Waals surface area contributed by atoms with E-state index in [1.165, 1.54) is 6.26 Å². The van der Waals surface area contributed by atoms with Crippen LogP contribution in [0.2, 0.25) is 5.02 Å². The molecule has 118 valence electrons. The van der Waals surface area contributed by atoms with E-state index in [4.69, 9.17) is 22.3 Å². The summed E-state index contributed by atoms with van der Waals surface area (Å²) in [6.07, 6.45) is 1.47. The van der Waals surface area contributed by atoms with Crippen molar-refractivity contribution >= 4 is 48.0 Å². The molecular weight excluding hydrogens is 364 g/mol. The van der Waals surface area contributed by atoms with E-state index >= 15 is 0 Å². The minimum absolute atomic E-state index is 0.194. The highest BCUT2D eigenvalue weighted by Crippen LogP contribution is 2.26. The highest BCUT2D eigenvalue weighted by molar-refractivity contribution is 8.13. The second-order valence-corrected chi connectivity index (χ2v) is 8.74. The summed E-state index contributed by atoms with van der Waals surface area (Å²) in [4.78, 5) is 11.4. The number of amides is 1.